The molecule has 0 aromatic heterocycles. The zero-order valence-electron chi connectivity index (χ0n) is 13.1. The van der Waals surface area contributed by atoms with Gasteiger partial charge in [-0.3, -0.25) is 4.79 Å². The molecule has 2 atom stereocenters. The molecule has 0 unspecified atom stereocenters. The second kappa shape index (κ2) is 6.74. The highest BCUT2D eigenvalue weighted by Crippen LogP contribution is 2.33. The number of hydrogen-bond donors (Lipinski definition) is 0. The highest BCUT2D eigenvalue weighted by molar-refractivity contribution is 5.95. The summed E-state index contributed by atoms with van der Waals surface area (Å²) >= 11 is 0. The van der Waals surface area contributed by atoms with E-state index in [1.165, 1.54) is 4.90 Å². The Morgan fingerprint density at radius 2 is 1.96 bits per heavy atom. The first-order chi connectivity index (χ1) is 11.6. The Morgan fingerprint density at radius 1 is 1.21 bits per heavy atom. The lowest BCUT2D eigenvalue weighted by atomic mass is 10.1. The number of carbonyl (C=O) groups excluding carboxylic acids is 3. The number of imide groups is 1. The van der Waals surface area contributed by atoms with Crippen molar-refractivity contribution in [2.75, 3.05) is 6.54 Å². The van der Waals surface area contributed by atoms with Crippen molar-refractivity contribution in [3.8, 4) is 0 Å². The van der Waals surface area contributed by atoms with E-state index < -0.39 is 12.2 Å². The number of carbonyl (C=O) groups is 3. The first-order valence-corrected chi connectivity index (χ1v) is 7.72. The van der Waals surface area contributed by atoms with Gasteiger partial charge in [0, 0.05) is 13.0 Å². The lowest BCUT2D eigenvalue weighted by Crippen LogP contribution is -2.42. The third kappa shape index (κ3) is 2.97. The van der Waals surface area contributed by atoms with Gasteiger partial charge in [-0.2, -0.15) is 0 Å². The van der Waals surface area contributed by atoms with Crippen molar-refractivity contribution in [2.45, 2.75) is 31.5 Å². The summed E-state index contributed by atoms with van der Waals surface area (Å²) in [7, 11) is 0. The molecule has 7 heteroatoms. The number of likely N-dealkylation sites (tertiary alicyclic amines) is 2. The van der Waals surface area contributed by atoms with Crippen LogP contribution in [0, 0.1) is 0 Å². The van der Waals surface area contributed by atoms with Gasteiger partial charge in [0.05, 0.1) is 18.3 Å². The summed E-state index contributed by atoms with van der Waals surface area (Å²) in [5.74, 6) is -0.350. The fourth-order valence-electron chi connectivity index (χ4n) is 3.24. The summed E-state index contributed by atoms with van der Waals surface area (Å²) in [6.45, 7) is 3.92. The minimum Gasteiger partial charge on any atom is -0.445 e. The lowest BCUT2D eigenvalue weighted by molar-refractivity contribution is -0.127. The van der Waals surface area contributed by atoms with Crippen LogP contribution in [-0.4, -0.2) is 46.5 Å². The first-order valence-electron chi connectivity index (χ1n) is 7.72. The number of nitrogens with zero attached hydrogens (tertiary/aromatic N) is 2. The average molecular weight is 330 g/mol. The maximum absolute atomic E-state index is 12.3. The molecule has 24 heavy (non-hydrogen) atoms. The molecule has 0 aliphatic carbocycles. The highest BCUT2D eigenvalue weighted by Gasteiger charge is 2.51. The van der Waals surface area contributed by atoms with Crippen LogP contribution in [0.1, 0.15) is 18.4 Å². The monoisotopic (exact) mass is 330 g/mol. The molecule has 3 rings (SSSR count). The minimum absolute atomic E-state index is 0.0946. The third-order valence-electron chi connectivity index (χ3n) is 4.31. The van der Waals surface area contributed by atoms with E-state index in [1.54, 1.807) is 0 Å². The first kappa shape index (κ1) is 16.0. The molecule has 7 nitrogen and oxygen atoms in total. The van der Waals surface area contributed by atoms with Crippen molar-refractivity contribution in [3.05, 3.63) is 48.7 Å². The molecular formula is C17H18N2O5. The highest BCUT2D eigenvalue weighted by atomic mass is 16.6. The van der Waals surface area contributed by atoms with Gasteiger partial charge in [-0.05, 0) is 12.0 Å². The standard InChI is InChI=1S/C17H18N2O5/c1-2-23-17(22)19-13-8-9-18(14(13)10-15(19)20)16(21)24-11-12-6-4-3-5-7-12/h2-7,13-14H,1,8-11H2/t13-,14+/m0/s1. The average Bonchev–Trinajstić information content (AvgIpc) is 3.11. The van der Waals surface area contributed by atoms with E-state index in [4.69, 9.17) is 9.47 Å². The van der Waals surface area contributed by atoms with Crippen LogP contribution in [-0.2, 0) is 20.9 Å². The molecular weight excluding hydrogens is 312 g/mol. The molecule has 0 radical (unpaired) electrons. The maximum Gasteiger partial charge on any atom is 0.421 e. The van der Waals surface area contributed by atoms with Gasteiger partial charge in [0.15, 0.2) is 0 Å². The summed E-state index contributed by atoms with van der Waals surface area (Å²) in [5.41, 5.74) is 0.889. The molecule has 2 heterocycles. The summed E-state index contributed by atoms with van der Waals surface area (Å²) in [6, 6.07) is 8.63. The molecule has 126 valence electrons. The molecule has 0 spiro atoms. The van der Waals surface area contributed by atoms with Crippen LogP contribution in [0.15, 0.2) is 43.2 Å². The van der Waals surface area contributed by atoms with Gasteiger partial charge in [0.2, 0.25) is 5.91 Å². The predicted molar refractivity (Wildman–Crippen MR) is 83.7 cm³/mol. The van der Waals surface area contributed by atoms with E-state index in [9.17, 15) is 14.4 Å². The topological polar surface area (TPSA) is 76.2 Å². The molecule has 3 amide bonds. The number of rotatable bonds is 3. The molecule has 0 N–H and O–H groups in total. The second-order valence-corrected chi connectivity index (χ2v) is 5.68. The van der Waals surface area contributed by atoms with E-state index >= 15 is 0 Å². The Bertz CT molecular complexity index is 660. The van der Waals surface area contributed by atoms with Crippen LogP contribution in [0.3, 0.4) is 0 Å². The number of fused-ring (bicyclic) bond motifs is 1. The van der Waals surface area contributed by atoms with E-state index in [0.717, 1.165) is 16.7 Å². The van der Waals surface area contributed by atoms with Gasteiger partial charge in [0.25, 0.3) is 0 Å². The van der Waals surface area contributed by atoms with Crippen LogP contribution < -0.4 is 0 Å². The molecule has 1 aromatic rings. The number of amides is 3. The Morgan fingerprint density at radius 3 is 2.67 bits per heavy atom. The zero-order valence-corrected chi connectivity index (χ0v) is 13.1. The molecule has 2 aliphatic rings. The van der Waals surface area contributed by atoms with Gasteiger partial charge in [-0.25, -0.2) is 14.5 Å². The number of hydrogen-bond acceptors (Lipinski definition) is 5. The van der Waals surface area contributed by atoms with Gasteiger partial charge in [-0.1, -0.05) is 36.9 Å². The molecule has 1 aromatic carbocycles. The van der Waals surface area contributed by atoms with E-state index in [-0.39, 0.29) is 31.0 Å². The van der Waals surface area contributed by atoms with Gasteiger partial charge < -0.3 is 14.4 Å². The van der Waals surface area contributed by atoms with Gasteiger partial charge >= 0.3 is 12.2 Å². The zero-order chi connectivity index (χ0) is 17.1. The SMILES string of the molecule is C=COC(=O)N1C(=O)C[C@@H]2[C@@H]1CCN2C(=O)OCc1ccccc1. The van der Waals surface area contributed by atoms with Gasteiger partial charge in [0.1, 0.15) is 6.61 Å². The van der Waals surface area contributed by atoms with E-state index in [0.29, 0.717) is 13.0 Å². The van der Waals surface area contributed by atoms with Crippen molar-refractivity contribution in [1.82, 2.24) is 9.80 Å². The Hall–Kier alpha value is -2.83. The molecule has 2 aliphatic heterocycles. The second-order valence-electron chi connectivity index (χ2n) is 5.68. The van der Waals surface area contributed by atoms with Crippen molar-refractivity contribution >= 4 is 18.1 Å². The Labute approximate surface area is 139 Å². The number of benzene rings is 1. The minimum atomic E-state index is -0.748. The summed E-state index contributed by atoms with van der Waals surface area (Å²) < 4.78 is 10.0. The smallest absolute Gasteiger partial charge is 0.421 e. The summed E-state index contributed by atoms with van der Waals surface area (Å²) in [5, 5.41) is 0. The van der Waals surface area contributed by atoms with Crippen LogP contribution in [0.25, 0.3) is 0 Å². The maximum atomic E-state index is 12.3. The van der Waals surface area contributed by atoms with Crippen molar-refractivity contribution in [2.24, 2.45) is 0 Å². The summed E-state index contributed by atoms with van der Waals surface area (Å²) in [6.07, 6.45) is 0.379. The van der Waals surface area contributed by atoms with Gasteiger partial charge in [-0.15, -0.1) is 0 Å². The van der Waals surface area contributed by atoms with E-state index in [2.05, 4.69) is 6.58 Å². The third-order valence-corrected chi connectivity index (χ3v) is 4.31. The number of ether oxygens (including phenoxy) is 2. The van der Waals surface area contributed by atoms with E-state index in [1.807, 2.05) is 30.3 Å². The van der Waals surface area contributed by atoms with Crippen molar-refractivity contribution in [3.63, 3.8) is 0 Å². The fraction of sp³-hybridized carbons (Fsp3) is 0.353. The van der Waals surface area contributed by atoms with Crippen LogP contribution in [0.2, 0.25) is 0 Å². The predicted octanol–water partition coefficient (Wildman–Crippen LogP) is 2.28. The molecule has 2 fully saturated rings. The molecule has 0 saturated carbocycles. The van der Waals surface area contributed by atoms with Crippen molar-refractivity contribution in [1.29, 1.82) is 0 Å². The Kier molecular flexibility index (Phi) is 4.50. The van der Waals surface area contributed by atoms with Crippen molar-refractivity contribution < 1.29 is 23.9 Å². The van der Waals surface area contributed by atoms with Crippen LogP contribution in [0.4, 0.5) is 9.59 Å². The molecule has 0 bridgehead atoms. The largest absolute Gasteiger partial charge is 0.445 e. The Balaban J connectivity index is 1.63. The van der Waals surface area contributed by atoms with Crippen LogP contribution in [0.5, 0.6) is 0 Å². The fourth-order valence-corrected chi connectivity index (χ4v) is 3.24. The summed E-state index contributed by atoms with van der Waals surface area (Å²) in [4.78, 5) is 38.8. The lowest BCUT2D eigenvalue weighted by Gasteiger charge is -2.23. The normalized spacial score (nSPS) is 22.2. The quantitative estimate of drug-likeness (QED) is 0.795. The molecule has 2 saturated heterocycles. The van der Waals surface area contributed by atoms with Crippen LogP contribution >= 0.6 is 0 Å².